The lowest BCUT2D eigenvalue weighted by Gasteiger charge is -2.11. The smallest absolute Gasteiger partial charge is 0.272 e. The molecule has 1 heterocycles. The van der Waals surface area contributed by atoms with Crippen molar-refractivity contribution in [3.63, 3.8) is 0 Å². The van der Waals surface area contributed by atoms with E-state index in [0.29, 0.717) is 39.2 Å². The number of aromatic amines is 1. The normalized spacial score (nSPS) is 10.9. The molecule has 0 aliphatic carbocycles. The summed E-state index contributed by atoms with van der Waals surface area (Å²) in [4.78, 5) is 16.2. The van der Waals surface area contributed by atoms with Crippen LogP contribution in [0.1, 0.15) is 16.1 Å². The Morgan fingerprint density at radius 1 is 1.10 bits per heavy atom. The Morgan fingerprint density at radius 3 is 2.62 bits per heavy atom. The lowest BCUT2D eigenvalue weighted by molar-refractivity contribution is 0.102. The second kappa shape index (κ2) is 7.77. The molecule has 0 aliphatic rings. The standard InChI is InChI=1S/C23H19FN2O3/c1-29-20-10-8-17(11-15(20)13-27)25-23(28)22-21(14-5-3-2-4-6-14)18-12-16(24)7-9-19(18)26-22/h2-12,26-27H,13H2,1H3,(H,25,28). The average molecular weight is 390 g/mol. The van der Waals surface area contributed by atoms with Gasteiger partial charge in [-0.1, -0.05) is 30.3 Å². The molecule has 0 radical (unpaired) electrons. The molecule has 1 aromatic heterocycles. The summed E-state index contributed by atoms with van der Waals surface area (Å²) < 4.78 is 19.1. The Bertz CT molecular complexity index is 1190. The lowest BCUT2D eigenvalue weighted by atomic mass is 10.0. The highest BCUT2D eigenvalue weighted by molar-refractivity contribution is 6.14. The van der Waals surface area contributed by atoms with Crippen molar-refractivity contribution in [2.75, 3.05) is 12.4 Å². The molecule has 0 aliphatic heterocycles. The van der Waals surface area contributed by atoms with Gasteiger partial charge >= 0.3 is 0 Å². The molecular weight excluding hydrogens is 371 g/mol. The topological polar surface area (TPSA) is 74.3 Å². The first kappa shape index (κ1) is 18.7. The number of carbonyl (C=O) groups excluding carboxylic acids is 1. The number of amides is 1. The van der Waals surface area contributed by atoms with E-state index >= 15 is 0 Å². The van der Waals surface area contributed by atoms with Crippen LogP contribution < -0.4 is 10.1 Å². The molecule has 0 fully saturated rings. The fraction of sp³-hybridized carbons (Fsp3) is 0.0870. The number of rotatable bonds is 5. The van der Waals surface area contributed by atoms with Gasteiger partial charge in [0.05, 0.1) is 13.7 Å². The van der Waals surface area contributed by atoms with E-state index in [1.165, 1.54) is 19.2 Å². The minimum absolute atomic E-state index is 0.214. The summed E-state index contributed by atoms with van der Waals surface area (Å²) in [6.45, 7) is -0.214. The van der Waals surface area contributed by atoms with Crippen molar-refractivity contribution in [3.8, 4) is 16.9 Å². The third-order valence-corrected chi connectivity index (χ3v) is 4.76. The van der Waals surface area contributed by atoms with Gasteiger partial charge in [-0.2, -0.15) is 0 Å². The monoisotopic (exact) mass is 390 g/mol. The largest absolute Gasteiger partial charge is 0.496 e. The molecular formula is C23H19FN2O3. The van der Waals surface area contributed by atoms with Crippen LogP contribution in [0.4, 0.5) is 10.1 Å². The molecule has 0 spiro atoms. The highest BCUT2D eigenvalue weighted by Crippen LogP contribution is 2.33. The Hall–Kier alpha value is -3.64. The summed E-state index contributed by atoms with van der Waals surface area (Å²) in [6, 6.07) is 18.8. The quantitative estimate of drug-likeness (QED) is 0.461. The molecule has 6 heteroatoms. The van der Waals surface area contributed by atoms with Gasteiger partial charge in [-0.3, -0.25) is 4.79 Å². The van der Waals surface area contributed by atoms with Crippen LogP contribution in [0.25, 0.3) is 22.0 Å². The highest BCUT2D eigenvalue weighted by atomic mass is 19.1. The van der Waals surface area contributed by atoms with Crippen LogP contribution in [0.3, 0.4) is 0 Å². The number of methoxy groups -OCH3 is 1. The summed E-state index contributed by atoms with van der Waals surface area (Å²) in [5, 5.41) is 13.0. The summed E-state index contributed by atoms with van der Waals surface area (Å²) in [7, 11) is 1.52. The predicted molar refractivity (Wildman–Crippen MR) is 111 cm³/mol. The molecule has 1 amide bonds. The number of hydrogen-bond donors (Lipinski definition) is 3. The minimum Gasteiger partial charge on any atom is -0.496 e. The Labute approximate surface area is 166 Å². The van der Waals surface area contributed by atoms with E-state index in [1.807, 2.05) is 30.3 Å². The van der Waals surface area contributed by atoms with Crippen molar-refractivity contribution in [1.29, 1.82) is 0 Å². The van der Waals surface area contributed by atoms with Gasteiger partial charge in [-0.05, 0) is 42.0 Å². The van der Waals surface area contributed by atoms with Crippen LogP contribution in [-0.2, 0) is 6.61 Å². The summed E-state index contributed by atoms with van der Waals surface area (Å²) in [5.74, 6) is -0.200. The molecule has 5 nitrogen and oxygen atoms in total. The second-order valence-electron chi connectivity index (χ2n) is 6.57. The summed E-state index contributed by atoms with van der Waals surface area (Å²) in [6.07, 6.45) is 0. The Balaban J connectivity index is 1.78. The third-order valence-electron chi connectivity index (χ3n) is 4.76. The molecule has 29 heavy (non-hydrogen) atoms. The molecule has 146 valence electrons. The fourth-order valence-electron chi connectivity index (χ4n) is 3.41. The first-order valence-corrected chi connectivity index (χ1v) is 9.06. The number of aliphatic hydroxyl groups excluding tert-OH is 1. The van der Waals surface area contributed by atoms with Gasteiger partial charge in [0.25, 0.3) is 5.91 Å². The zero-order valence-electron chi connectivity index (χ0n) is 15.7. The van der Waals surface area contributed by atoms with E-state index in [2.05, 4.69) is 10.3 Å². The second-order valence-corrected chi connectivity index (χ2v) is 6.57. The van der Waals surface area contributed by atoms with Gasteiger partial charge in [-0.15, -0.1) is 0 Å². The lowest BCUT2D eigenvalue weighted by Crippen LogP contribution is -2.13. The number of fused-ring (bicyclic) bond motifs is 1. The van der Waals surface area contributed by atoms with Crippen LogP contribution in [0.2, 0.25) is 0 Å². The van der Waals surface area contributed by atoms with Crippen LogP contribution in [-0.4, -0.2) is 23.1 Å². The van der Waals surface area contributed by atoms with Gasteiger partial charge in [0.2, 0.25) is 0 Å². The van der Waals surface area contributed by atoms with Gasteiger partial charge in [0, 0.05) is 27.7 Å². The number of nitrogens with one attached hydrogen (secondary N) is 2. The third kappa shape index (κ3) is 3.58. The van der Waals surface area contributed by atoms with Crippen molar-refractivity contribution in [2.24, 2.45) is 0 Å². The first-order valence-electron chi connectivity index (χ1n) is 9.06. The van der Waals surface area contributed by atoms with Crippen molar-refractivity contribution in [3.05, 3.63) is 83.8 Å². The number of ether oxygens (including phenoxy) is 1. The number of carbonyl (C=O) groups is 1. The van der Waals surface area contributed by atoms with E-state index in [4.69, 9.17) is 4.74 Å². The molecule has 4 aromatic rings. The van der Waals surface area contributed by atoms with E-state index in [-0.39, 0.29) is 18.3 Å². The van der Waals surface area contributed by atoms with Crippen molar-refractivity contribution < 1.29 is 19.0 Å². The SMILES string of the molecule is COc1ccc(NC(=O)c2[nH]c3ccc(F)cc3c2-c2ccccc2)cc1CO. The number of anilines is 1. The minimum atomic E-state index is -0.372. The van der Waals surface area contributed by atoms with Gasteiger partial charge in [-0.25, -0.2) is 4.39 Å². The molecule has 0 atom stereocenters. The van der Waals surface area contributed by atoms with Crippen LogP contribution in [0.5, 0.6) is 5.75 Å². The number of benzene rings is 3. The highest BCUT2D eigenvalue weighted by Gasteiger charge is 2.20. The summed E-state index contributed by atoms with van der Waals surface area (Å²) >= 11 is 0. The van der Waals surface area contributed by atoms with Crippen molar-refractivity contribution in [2.45, 2.75) is 6.61 Å². The van der Waals surface area contributed by atoms with E-state index in [9.17, 15) is 14.3 Å². The van der Waals surface area contributed by atoms with Gasteiger partial charge < -0.3 is 20.1 Å². The predicted octanol–water partition coefficient (Wildman–Crippen LogP) is 4.73. The molecule has 0 bridgehead atoms. The van der Waals surface area contributed by atoms with Crippen LogP contribution in [0.15, 0.2) is 66.7 Å². The molecule has 3 N–H and O–H groups in total. The maximum absolute atomic E-state index is 13.9. The number of halogens is 1. The van der Waals surface area contributed by atoms with E-state index < -0.39 is 0 Å². The maximum Gasteiger partial charge on any atom is 0.272 e. The van der Waals surface area contributed by atoms with Gasteiger partial charge in [0.15, 0.2) is 0 Å². The average Bonchev–Trinajstić information content (AvgIpc) is 3.13. The van der Waals surface area contributed by atoms with Crippen molar-refractivity contribution in [1.82, 2.24) is 4.98 Å². The summed E-state index contributed by atoms with van der Waals surface area (Å²) in [5.41, 5.74) is 3.52. The van der Waals surface area contributed by atoms with Gasteiger partial charge in [0.1, 0.15) is 17.3 Å². The Kier molecular flexibility index (Phi) is 5.01. The first-order chi connectivity index (χ1) is 14.1. The van der Waals surface area contributed by atoms with Crippen LogP contribution >= 0.6 is 0 Å². The number of aromatic nitrogens is 1. The molecule has 0 unspecified atom stereocenters. The molecule has 3 aromatic carbocycles. The van der Waals surface area contributed by atoms with E-state index in [0.717, 1.165) is 5.56 Å². The molecule has 4 rings (SSSR count). The zero-order valence-corrected chi connectivity index (χ0v) is 15.7. The Morgan fingerprint density at radius 2 is 1.90 bits per heavy atom. The number of aliphatic hydroxyl groups is 1. The molecule has 0 saturated heterocycles. The van der Waals surface area contributed by atoms with Crippen molar-refractivity contribution >= 4 is 22.5 Å². The molecule has 0 saturated carbocycles. The van der Waals surface area contributed by atoms with E-state index in [1.54, 1.807) is 24.3 Å². The number of hydrogen-bond acceptors (Lipinski definition) is 3. The number of H-pyrrole nitrogens is 1. The maximum atomic E-state index is 13.9. The fourth-order valence-corrected chi connectivity index (χ4v) is 3.41. The zero-order chi connectivity index (χ0) is 20.4. The van der Waals surface area contributed by atoms with Crippen LogP contribution in [0, 0.1) is 5.82 Å².